The molecule has 1 aliphatic carbocycles. The minimum absolute atomic E-state index is 0.0657. The minimum atomic E-state index is -4.92. The Morgan fingerprint density at radius 3 is 2.42 bits per heavy atom. The molecule has 36 heavy (non-hydrogen) atoms. The third-order valence-corrected chi connectivity index (χ3v) is 5.59. The van der Waals surface area contributed by atoms with Crippen LogP contribution in [0, 0.1) is 5.92 Å². The first kappa shape index (κ1) is 25.2. The molecular weight excluding hydrogens is 479 g/mol. The number of amides is 1. The van der Waals surface area contributed by atoms with Crippen LogP contribution in [0.25, 0.3) is 0 Å². The number of aromatic amines is 1. The number of aromatic nitrogens is 2. The summed E-state index contributed by atoms with van der Waals surface area (Å²) < 4.78 is 49.5. The summed E-state index contributed by atoms with van der Waals surface area (Å²) in [5, 5.41) is 0. The molecule has 4 rings (SSSR count). The van der Waals surface area contributed by atoms with E-state index >= 15 is 0 Å². The van der Waals surface area contributed by atoms with Gasteiger partial charge in [-0.2, -0.15) is 0 Å². The van der Waals surface area contributed by atoms with Gasteiger partial charge in [-0.25, -0.2) is 4.79 Å². The molecule has 190 valence electrons. The lowest BCUT2D eigenvalue weighted by molar-refractivity contribution is -0.275. The van der Waals surface area contributed by atoms with Crippen molar-refractivity contribution in [1.82, 2.24) is 14.5 Å². The van der Waals surface area contributed by atoms with E-state index in [9.17, 15) is 27.6 Å². The molecule has 0 saturated heterocycles. The number of rotatable bonds is 10. The number of nitrogens with zero attached hydrogens (tertiary/aromatic N) is 2. The van der Waals surface area contributed by atoms with E-state index in [1.807, 2.05) is 30.3 Å². The maximum atomic E-state index is 13.3. The highest BCUT2D eigenvalue weighted by molar-refractivity contribution is 5.92. The normalized spacial score (nSPS) is 13.4. The molecule has 0 radical (unpaired) electrons. The number of carbonyl (C=O) groups is 1. The molecule has 0 unspecified atom stereocenters. The number of H-pyrrole nitrogens is 1. The number of alkyl halides is 3. The summed E-state index contributed by atoms with van der Waals surface area (Å²) in [6.45, 7) is -0.242. The quantitative estimate of drug-likeness (QED) is 0.427. The van der Waals surface area contributed by atoms with E-state index in [2.05, 4.69) is 9.72 Å². The van der Waals surface area contributed by atoms with Gasteiger partial charge in [-0.05, 0) is 30.4 Å². The van der Waals surface area contributed by atoms with Gasteiger partial charge in [-0.1, -0.05) is 48.5 Å². The monoisotopic (exact) mass is 503 g/mol. The smallest absolute Gasteiger partial charge is 0.405 e. The Balaban J connectivity index is 1.58. The van der Waals surface area contributed by atoms with Crippen LogP contribution in [0.5, 0.6) is 5.75 Å². The summed E-state index contributed by atoms with van der Waals surface area (Å²) in [4.78, 5) is 41.8. The lowest BCUT2D eigenvalue weighted by Gasteiger charge is -2.24. The van der Waals surface area contributed by atoms with Crippen LogP contribution in [0.2, 0.25) is 0 Å². The fourth-order valence-corrected chi connectivity index (χ4v) is 3.63. The van der Waals surface area contributed by atoms with Crippen molar-refractivity contribution in [3.05, 3.63) is 98.3 Å². The Bertz CT molecular complexity index is 1290. The summed E-state index contributed by atoms with van der Waals surface area (Å²) in [6, 6.07) is 15.5. The Hall–Kier alpha value is -3.86. The number of benzene rings is 2. The summed E-state index contributed by atoms with van der Waals surface area (Å²) in [6.07, 6.45) is -3.07. The lowest BCUT2D eigenvalue weighted by atomic mass is 10.2. The van der Waals surface area contributed by atoms with Crippen molar-refractivity contribution in [3.63, 3.8) is 0 Å². The SMILES string of the molecule is O=C(c1cc(=O)n(CC2CC2)c(=O)[nH]1)N(COCc1ccccc1)Cc1ccccc1OC(F)(F)F. The maximum Gasteiger partial charge on any atom is 0.573 e. The standard InChI is InChI=1S/C25H24F3N3O5/c26-25(27,28)36-21-9-5-4-8-19(21)14-30(16-35-15-18-6-2-1-3-7-18)23(33)20-12-22(32)31(24(34)29-20)13-17-10-11-17/h1-9,12,17H,10-11,13-16H2,(H,29,34). The van der Waals surface area contributed by atoms with E-state index in [-0.39, 0.29) is 43.6 Å². The van der Waals surface area contributed by atoms with Gasteiger partial charge in [0, 0.05) is 18.2 Å². The van der Waals surface area contributed by atoms with Crippen molar-refractivity contribution in [2.24, 2.45) is 5.92 Å². The Labute approximate surface area is 203 Å². The van der Waals surface area contributed by atoms with Crippen LogP contribution in [0.3, 0.4) is 0 Å². The van der Waals surface area contributed by atoms with Crippen molar-refractivity contribution >= 4 is 5.91 Å². The van der Waals surface area contributed by atoms with Crippen LogP contribution < -0.4 is 16.0 Å². The van der Waals surface area contributed by atoms with E-state index < -0.39 is 29.3 Å². The lowest BCUT2D eigenvalue weighted by Crippen LogP contribution is -2.40. The van der Waals surface area contributed by atoms with E-state index in [1.165, 1.54) is 18.2 Å². The van der Waals surface area contributed by atoms with Gasteiger partial charge < -0.3 is 19.4 Å². The molecule has 2 aromatic carbocycles. The third-order valence-electron chi connectivity index (χ3n) is 5.59. The molecule has 1 heterocycles. The van der Waals surface area contributed by atoms with Gasteiger partial charge in [-0.15, -0.1) is 13.2 Å². The van der Waals surface area contributed by atoms with Crippen LogP contribution >= 0.6 is 0 Å². The molecule has 8 nitrogen and oxygen atoms in total. The third kappa shape index (κ3) is 6.85. The number of para-hydroxylation sites is 1. The molecule has 11 heteroatoms. The summed E-state index contributed by atoms with van der Waals surface area (Å²) >= 11 is 0. The molecule has 1 amide bonds. The van der Waals surface area contributed by atoms with Crippen LogP contribution in [0.15, 0.2) is 70.3 Å². The van der Waals surface area contributed by atoms with E-state index in [1.54, 1.807) is 0 Å². The van der Waals surface area contributed by atoms with Crippen molar-refractivity contribution in [2.45, 2.75) is 38.9 Å². The molecule has 1 saturated carbocycles. The van der Waals surface area contributed by atoms with Gasteiger partial charge in [0.2, 0.25) is 0 Å². The summed E-state index contributed by atoms with van der Waals surface area (Å²) in [7, 11) is 0. The fraction of sp³-hybridized carbons (Fsp3) is 0.320. The highest BCUT2D eigenvalue weighted by atomic mass is 19.4. The van der Waals surface area contributed by atoms with Crippen LogP contribution in [0.4, 0.5) is 13.2 Å². The second-order valence-corrected chi connectivity index (χ2v) is 8.50. The van der Waals surface area contributed by atoms with Crippen LogP contribution in [0.1, 0.15) is 34.5 Å². The number of halogens is 3. The predicted molar refractivity (Wildman–Crippen MR) is 123 cm³/mol. The highest BCUT2D eigenvalue weighted by Crippen LogP contribution is 2.30. The van der Waals surface area contributed by atoms with E-state index in [0.717, 1.165) is 40.0 Å². The molecule has 1 fully saturated rings. The molecule has 1 aliphatic rings. The molecule has 1 aromatic heterocycles. The number of hydrogen-bond acceptors (Lipinski definition) is 5. The molecule has 1 N–H and O–H groups in total. The van der Waals surface area contributed by atoms with Gasteiger partial charge in [0.25, 0.3) is 11.5 Å². The van der Waals surface area contributed by atoms with Gasteiger partial charge in [0.15, 0.2) is 0 Å². The van der Waals surface area contributed by atoms with Crippen molar-refractivity contribution in [2.75, 3.05) is 6.73 Å². The number of carbonyl (C=O) groups excluding carboxylic acids is 1. The summed E-state index contributed by atoms with van der Waals surface area (Å²) in [5.41, 5.74) is -0.740. The Morgan fingerprint density at radius 1 is 1.06 bits per heavy atom. The molecule has 0 spiro atoms. The topological polar surface area (TPSA) is 93.6 Å². The average Bonchev–Trinajstić information content (AvgIpc) is 3.65. The minimum Gasteiger partial charge on any atom is -0.405 e. The Kier molecular flexibility index (Phi) is 7.58. The highest BCUT2D eigenvalue weighted by Gasteiger charge is 2.32. The molecule has 0 bridgehead atoms. The zero-order chi connectivity index (χ0) is 25.7. The van der Waals surface area contributed by atoms with Crippen LogP contribution in [-0.2, 0) is 24.4 Å². The zero-order valence-electron chi connectivity index (χ0n) is 19.2. The predicted octanol–water partition coefficient (Wildman–Crippen LogP) is 3.66. The van der Waals surface area contributed by atoms with Gasteiger partial charge in [0.1, 0.15) is 18.2 Å². The second kappa shape index (κ2) is 10.8. The fourth-order valence-electron chi connectivity index (χ4n) is 3.63. The number of hydrogen-bond donors (Lipinski definition) is 1. The van der Waals surface area contributed by atoms with Crippen molar-refractivity contribution in [1.29, 1.82) is 0 Å². The van der Waals surface area contributed by atoms with E-state index in [4.69, 9.17) is 4.74 Å². The van der Waals surface area contributed by atoms with Gasteiger partial charge in [-0.3, -0.25) is 14.2 Å². The van der Waals surface area contributed by atoms with Gasteiger partial charge >= 0.3 is 12.1 Å². The maximum absolute atomic E-state index is 13.3. The molecule has 0 atom stereocenters. The first-order valence-corrected chi connectivity index (χ1v) is 11.3. The second-order valence-electron chi connectivity index (χ2n) is 8.50. The van der Waals surface area contributed by atoms with Crippen LogP contribution in [-0.4, -0.2) is 33.5 Å². The molecular formula is C25H24F3N3O5. The first-order valence-electron chi connectivity index (χ1n) is 11.3. The first-order chi connectivity index (χ1) is 17.2. The zero-order valence-corrected chi connectivity index (χ0v) is 19.2. The number of nitrogens with one attached hydrogen (secondary N) is 1. The van der Waals surface area contributed by atoms with E-state index in [0.29, 0.717) is 0 Å². The molecule has 3 aromatic rings. The van der Waals surface area contributed by atoms with Gasteiger partial charge in [0.05, 0.1) is 13.2 Å². The largest absolute Gasteiger partial charge is 0.573 e. The van der Waals surface area contributed by atoms with Crippen molar-refractivity contribution in [3.8, 4) is 5.75 Å². The molecule has 0 aliphatic heterocycles. The van der Waals surface area contributed by atoms with Crippen molar-refractivity contribution < 1.29 is 27.4 Å². The number of ether oxygens (including phenoxy) is 2. The summed E-state index contributed by atoms with van der Waals surface area (Å²) in [5.74, 6) is -0.991. The Morgan fingerprint density at radius 2 is 1.75 bits per heavy atom. The average molecular weight is 503 g/mol.